The number of hydrogen-bond donors (Lipinski definition) is 0. The van der Waals surface area contributed by atoms with Gasteiger partial charge in [-0.2, -0.15) is 0 Å². The zero-order valence-corrected chi connectivity index (χ0v) is 18.3. The number of amides is 1. The molecule has 0 unspecified atom stereocenters. The summed E-state index contributed by atoms with van der Waals surface area (Å²) < 4.78 is 0. The van der Waals surface area contributed by atoms with E-state index in [1.807, 2.05) is 0 Å². The Morgan fingerprint density at radius 3 is 1.57 bits per heavy atom. The van der Waals surface area contributed by atoms with E-state index in [4.69, 9.17) is 0 Å². The molecule has 3 aromatic carbocycles. The maximum atomic E-state index is 13.4. The Morgan fingerprint density at radius 1 is 0.649 bits per heavy atom. The van der Waals surface area contributed by atoms with E-state index in [0.717, 1.165) is 35.2 Å². The van der Waals surface area contributed by atoms with Crippen molar-refractivity contribution in [3.8, 4) is 0 Å². The molecule has 1 amide bonds. The molecule has 0 fully saturated rings. The molecule has 0 bridgehead atoms. The quantitative estimate of drug-likeness (QED) is 0.257. The molecule has 1 heterocycles. The van der Waals surface area contributed by atoms with Gasteiger partial charge in [0.15, 0.2) is 0 Å². The number of amidine groups is 1. The average Bonchev–Trinajstić information content (AvgIpc) is 3.19. The molecule has 0 aliphatic carbocycles. The summed E-state index contributed by atoms with van der Waals surface area (Å²) in [5.41, 5.74) is -1.51. The van der Waals surface area contributed by atoms with Crippen molar-refractivity contribution in [2.45, 2.75) is 0 Å². The first-order valence-electron chi connectivity index (χ1n) is 10.1. The van der Waals surface area contributed by atoms with Crippen molar-refractivity contribution in [1.29, 1.82) is 0 Å². The van der Waals surface area contributed by atoms with Crippen LogP contribution in [0.2, 0.25) is 0 Å². The summed E-state index contributed by atoms with van der Waals surface area (Å²) >= 11 is 0. The third kappa shape index (κ3) is 4.85. The van der Waals surface area contributed by atoms with Crippen LogP contribution in [-0.4, -0.2) is 31.4 Å². The van der Waals surface area contributed by atoms with Crippen LogP contribution in [0.5, 0.6) is 0 Å². The molecule has 0 saturated heterocycles. The number of hydrogen-bond acceptors (Lipinski definition) is 10. The van der Waals surface area contributed by atoms with E-state index >= 15 is 0 Å². The Bertz CT molecular complexity index is 1510. The van der Waals surface area contributed by atoms with E-state index in [9.17, 15) is 45.3 Å². The fraction of sp³-hybridized carbons (Fsp3) is 0. The first-order valence-corrected chi connectivity index (χ1v) is 10.1. The number of aliphatic imine (C=N–C) groups is 1. The minimum absolute atomic E-state index is 0.107. The van der Waals surface area contributed by atoms with Gasteiger partial charge in [0.1, 0.15) is 11.5 Å². The van der Waals surface area contributed by atoms with Crippen molar-refractivity contribution in [3.05, 3.63) is 124 Å². The summed E-state index contributed by atoms with van der Waals surface area (Å²) in [6.07, 6.45) is 1.31. The Hall–Kier alpha value is -5.86. The monoisotopic (exact) mass is 504 g/mol. The molecule has 37 heavy (non-hydrogen) atoms. The Labute approximate surface area is 205 Å². The molecule has 1 aliphatic rings. The lowest BCUT2D eigenvalue weighted by molar-refractivity contribution is -0.394. The van der Waals surface area contributed by atoms with Crippen LogP contribution in [0.3, 0.4) is 0 Å². The second-order valence-corrected chi connectivity index (χ2v) is 7.48. The molecule has 3 aromatic rings. The highest BCUT2D eigenvalue weighted by atomic mass is 16.6. The lowest BCUT2D eigenvalue weighted by Crippen LogP contribution is -2.32. The normalized spacial score (nSPS) is 13.9. The van der Waals surface area contributed by atoms with Crippen molar-refractivity contribution in [1.82, 2.24) is 0 Å². The molecule has 15 nitrogen and oxygen atoms in total. The van der Waals surface area contributed by atoms with Gasteiger partial charge in [0, 0.05) is 42.0 Å². The van der Waals surface area contributed by atoms with Crippen LogP contribution in [0, 0.1) is 40.5 Å². The predicted octanol–water partition coefficient (Wildman–Crippen LogP) is 4.15. The van der Waals surface area contributed by atoms with Crippen LogP contribution in [0.25, 0.3) is 6.08 Å². The van der Waals surface area contributed by atoms with Crippen molar-refractivity contribution >= 4 is 46.3 Å². The van der Waals surface area contributed by atoms with Gasteiger partial charge in [-0.3, -0.25) is 50.2 Å². The fourth-order valence-electron chi connectivity index (χ4n) is 3.46. The molecule has 0 atom stereocenters. The lowest BCUT2D eigenvalue weighted by Gasteiger charge is -2.18. The summed E-state index contributed by atoms with van der Waals surface area (Å²) in [6, 6.07) is 12.7. The van der Waals surface area contributed by atoms with E-state index in [0.29, 0.717) is 5.56 Å². The SMILES string of the molecule is O=C1/C(=C/c2ccc([N+](=O)[O-])cc2)N=C(c2cc([N+](=O)[O-])cc([N+](=O)[O-])c2)N1c1ccc([N+](=O)[O-])cc1. The number of carbonyl (C=O) groups is 1. The van der Waals surface area contributed by atoms with Gasteiger partial charge in [-0.15, -0.1) is 0 Å². The highest BCUT2D eigenvalue weighted by molar-refractivity contribution is 6.33. The predicted molar refractivity (Wildman–Crippen MR) is 128 cm³/mol. The van der Waals surface area contributed by atoms with Crippen LogP contribution in [0.1, 0.15) is 11.1 Å². The molecule has 184 valence electrons. The van der Waals surface area contributed by atoms with E-state index in [2.05, 4.69) is 4.99 Å². The van der Waals surface area contributed by atoms with Crippen molar-refractivity contribution < 1.29 is 24.5 Å². The number of nitrogens with zero attached hydrogens (tertiary/aromatic N) is 6. The number of anilines is 1. The molecule has 0 spiro atoms. The first-order chi connectivity index (χ1) is 17.5. The maximum Gasteiger partial charge on any atom is 0.282 e. The third-order valence-corrected chi connectivity index (χ3v) is 5.17. The smallest absolute Gasteiger partial charge is 0.266 e. The van der Waals surface area contributed by atoms with Crippen LogP contribution in [0.4, 0.5) is 28.4 Å². The molecule has 15 heteroatoms. The molecule has 0 radical (unpaired) electrons. The second-order valence-electron chi connectivity index (χ2n) is 7.48. The number of nitro groups is 4. The summed E-state index contributed by atoms with van der Waals surface area (Å²) in [7, 11) is 0. The first kappa shape index (κ1) is 24.3. The largest absolute Gasteiger partial charge is 0.282 e. The molecule has 1 aliphatic heterocycles. The Balaban J connectivity index is 1.88. The minimum atomic E-state index is -0.836. The van der Waals surface area contributed by atoms with Crippen LogP contribution in [-0.2, 0) is 4.79 Å². The third-order valence-electron chi connectivity index (χ3n) is 5.17. The number of carbonyl (C=O) groups excluding carboxylic acids is 1. The lowest BCUT2D eigenvalue weighted by atomic mass is 10.1. The van der Waals surface area contributed by atoms with Crippen molar-refractivity contribution in [2.75, 3.05) is 4.90 Å². The summed E-state index contributed by atoms with van der Waals surface area (Å²) in [5.74, 6) is -0.935. The summed E-state index contributed by atoms with van der Waals surface area (Å²) in [5, 5.41) is 44.7. The summed E-state index contributed by atoms with van der Waals surface area (Å²) in [4.78, 5) is 60.4. The van der Waals surface area contributed by atoms with Gasteiger partial charge in [0.05, 0.1) is 31.4 Å². The Morgan fingerprint density at radius 2 is 1.11 bits per heavy atom. The van der Waals surface area contributed by atoms with Gasteiger partial charge >= 0.3 is 0 Å². The second kappa shape index (κ2) is 9.41. The van der Waals surface area contributed by atoms with Gasteiger partial charge in [0.25, 0.3) is 28.7 Å². The van der Waals surface area contributed by atoms with Gasteiger partial charge in [0.2, 0.25) is 0 Å². The van der Waals surface area contributed by atoms with Crippen LogP contribution >= 0.6 is 0 Å². The molecular weight excluding hydrogens is 492 g/mol. The van der Waals surface area contributed by atoms with Gasteiger partial charge in [-0.05, 0) is 35.9 Å². The highest BCUT2D eigenvalue weighted by Crippen LogP contribution is 2.32. The molecule has 4 rings (SSSR count). The zero-order chi connectivity index (χ0) is 26.9. The number of non-ortho nitro benzene ring substituents is 4. The van der Waals surface area contributed by atoms with Gasteiger partial charge in [-0.1, -0.05) is 0 Å². The highest BCUT2D eigenvalue weighted by Gasteiger charge is 2.34. The number of nitro benzene ring substituents is 4. The maximum absolute atomic E-state index is 13.4. The molecule has 0 saturated carbocycles. The standard InChI is InChI=1S/C22H12N6O9/c29-22-20(9-13-1-3-16(4-2-13)25(30)31)23-21(24(22)15-5-7-17(8-6-15)26(32)33)14-10-18(27(34)35)12-19(11-14)28(36)37/h1-12H/b20-9-. The van der Waals surface area contributed by atoms with Crippen molar-refractivity contribution in [2.24, 2.45) is 4.99 Å². The molecule has 0 N–H and O–H groups in total. The van der Waals surface area contributed by atoms with E-state index in [1.54, 1.807) is 0 Å². The number of benzene rings is 3. The van der Waals surface area contributed by atoms with Crippen LogP contribution in [0.15, 0.2) is 77.4 Å². The van der Waals surface area contributed by atoms with Crippen molar-refractivity contribution in [3.63, 3.8) is 0 Å². The molecule has 0 aromatic heterocycles. The van der Waals surface area contributed by atoms with E-state index in [-0.39, 0.29) is 34.2 Å². The van der Waals surface area contributed by atoms with Crippen LogP contribution < -0.4 is 4.90 Å². The van der Waals surface area contributed by atoms with Gasteiger partial charge < -0.3 is 0 Å². The van der Waals surface area contributed by atoms with E-state index < -0.39 is 37.0 Å². The topological polar surface area (TPSA) is 205 Å². The Kier molecular flexibility index (Phi) is 6.18. The number of rotatable bonds is 7. The average molecular weight is 504 g/mol. The summed E-state index contributed by atoms with van der Waals surface area (Å²) in [6.45, 7) is 0. The van der Waals surface area contributed by atoms with E-state index in [1.165, 1.54) is 42.5 Å². The molecular formula is C22H12N6O9. The minimum Gasteiger partial charge on any atom is -0.266 e. The zero-order valence-electron chi connectivity index (χ0n) is 18.3. The fourth-order valence-corrected chi connectivity index (χ4v) is 3.46. The van der Waals surface area contributed by atoms with Gasteiger partial charge in [-0.25, -0.2) is 4.99 Å².